The average Bonchev–Trinajstić information content (AvgIpc) is 3.13. The van der Waals surface area contributed by atoms with Crippen LogP contribution in [0.25, 0.3) is 10.8 Å². The number of amides is 2. The molecule has 0 atom stereocenters. The SMILES string of the molecule is O=CCOCCN1CCC(CN2CCN(CC(=O)N3CCN(C(=O)c4cc(Cc5n[nH]c(=O)c6ccccc56)ccc4F)CC3)CC2)CC1. The highest BCUT2D eigenvalue weighted by Crippen LogP contribution is 2.21. The number of aromatic amines is 1. The Morgan fingerprint density at radius 1 is 0.878 bits per heavy atom. The number of carbonyl (C=O) groups excluding carboxylic acids is 3. The van der Waals surface area contributed by atoms with E-state index in [9.17, 15) is 23.6 Å². The molecule has 1 N–H and O–H groups in total. The number of H-pyrrole nitrogens is 1. The molecule has 3 aliphatic heterocycles. The zero-order valence-electron chi connectivity index (χ0n) is 28.0. The van der Waals surface area contributed by atoms with E-state index in [4.69, 9.17) is 4.74 Å². The number of halogens is 1. The lowest BCUT2D eigenvalue weighted by atomic mass is 9.96. The van der Waals surface area contributed by atoms with E-state index in [1.165, 1.54) is 18.9 Å². The van der Waals surface area contributed by atoms with Gasteiger partial charge in [0.15, 0.2) is 0 Å². The van der Waals surface area contributed by atoms with Crippen molar-refractivity contribution in [3.05, 3.63) is 75.5 Å². The Labute approximate surface area is 285 Å². The van der Waals surface area contributed by atoms with Gasteiger partial charge >= 0.3 is 0 Å². The van der Waals surface area contributed by atoms with Gasteiger partial charge in [0.1, 0.15) is 18.7 Å². The number of carbonyl (C=O) groups is 3. The molecule has 3 fully saturated rings. The minimum Gasteiger partial charge on any atom is -0.373 e. The zero-order chi connectivity index (χ0) is 34.2. The molecule has 13 heteroatoms. The maximum Gasteiger partial charge on any atom is 0.272 e. The molecule has 0 spiro atoms. The van der Waals surface area contributed by atoms with Crippen molar-refractivity contribution in [2.24, 2.45) is 5.92 Å². The molecule has 4 heterocycles. The molecule has 0 bridgehead atoms. The minimum absolute atomic E-state index is 0.00452. The van der Waals surface area contributed by atoms with Crippen LogP contribution in [0.4, 0.5) is 4.39 Å². The third-order valence-corrected chi connectivity index (χ3v) is 10.1. The molecule has 2 amide bonds. The van der Waals surface area contributed by atoms with E-state index in [0.29, 0.717) is 68.3 Å². The van der Waals surface area contributed by atoms with E-state index in [1.54, 1.807) is 29.2 Å². The van der Waals surface area contributed by atoms with Crippen LogP contribution in [0.5, 0.6) is 0 Å². The van der Waals surface area contributed by atoms with Crippen molar-refractivity contribution < 1.29 is 23.5 Å². The Morgan fingerprint density at radius 2 is 1.57 bits per heavy atom. The fourth-order valence-electron chi connectivity index (χ4n) is 7.18. The summed E-state index contributed by atoms with van der Waals surface area (Å²) in [6.07, 6.45) is 3.46. The second kappa shape index (κ2) is 16.6. The second-order valence-electron chi connectivity index (χ2n) is 13.3. The lowest BCUT2D eigenvalue weighted by Crippen LogP contribution is -2.55. The van der Waals surface area contributed by atoms with Crippen LogP contribution in [0.1, 0.15) is 34.5 Å². The van der Waals surface area contributed by atoms with Gasteiger partial charge < -0.3 is 29.1 Å². The smallest absolute Gasteiger partial charge is 0.272 e. The number of hydrogen-bond acceptors (Lipinski definition) is 9. The third kappa shape index (κ3) is 8.96. The standard InChI is InChI=1S/C36H46FN7O5/c37-32-6-5-28(24-33-29-3-1-2-4-30(29)35(47)39-38-33)23-31(32)36(48)44-17-15-43(16-18-44)34(46)26-42-13-11-41(12-14-42)25-27-7-9-40(10-8-27)19-21-49-22-20-45/h1-6,20,23,27H,7-19,21-22,24-26H2,(H,39,47). The summed E-state index contributed by atoms with van der Waals surface area (Å²) < 4.78 is 20.2. The molecule has 0 unspecified atom stereocenters. The highest BCUT2D eigenvalue weighted by Gasteiger charge is 2.29. The van der Waals surface area contributed by atoms with Gasteiger partial charge in [-0.3, -0.25) is 19.3 Å². The third-order valence-electron chi connectivity index (χ3n) is 10.1. The van der Waals surface area contributed by atoms with Crippen molar-refractivity contribution in [2.45, 2.75) is 19.3 Å². The summed E-state index contributed by atoms with van der Waals surface area (Å²) in [5.41, 5.74) is 1.07. The number of piperazine rings is 2. The summed E-state index contributed by atoms with van der Waals surface area (Å²) in [4.78, 5) is 59.8. The van der Waals surface area contributed by atoms with Crippen LogP contribution in [-0.4, -0.2) is 151 Å². The number of ether oxygens (including phenoxy) is 1. The summed E-state index contributed by atoms with van der Waals surface area (Å²) in [7, 11) is 0. The number of nitrogens with zero attached hydrogens (tertiary/aromatic N) is 6. The van der Waals surface area contributed by atoms with Crippen LogP contribution in [-0.2, 0) is 20.7 Å². The topological polar surface area (TPSA) is 122 Å². The van der Waals surface area contributed by atoms with E-state index in [2.05, 4.69) is 24.9 Å². The monoisotopic (exact) mass is 675 g/mol. The Hall–Kier alpha value is -4.04. The van der Waals surface area contributed by atoms with Gasteiger partial charge in [0.25, 0.3) is 11.5 Å². The summed E-state index contributed by atoms with van der Waals surface area (Å²) in [6.45, 7) is 10.4. The van der Waals surface area contributed by atoms with Gasteiger partial charge in [-0.1, -0.05) is 24.3 Å². The minimum atomic E-state index is -0.589. The molecular formula is C36H46FN7O5. The van der Waals surface area contributed by atoms with Gasteiger partial charge in [-0.05, 0) is 55.6 Å². The first-order chi connectivity index (χ1) is 23.9. The van der Waals surface area contributed by atoms with E-state index in [1.807, 2.05) is 17.0 Å². The van der Waals surface area contributed by atoms with E-state index in [-0.39, 0.29) is 23.6 Å². The molecule has 3 aliphatic rings. The van der Waals surface area contributed by atoms with Crippen molar-refractivity contribution in [1.82, 2.24) is 34.7 Å². The molecule has 6 rings (SSSR count). The van der Waals surface area contributed by atoms with Gasteiger partial charge in [-0.15, -0.1) is 0 Å². The van der Waals surface area contributed by atoms with Crippen molar-refractivity contribution >= 4 is 28.9 Å². The molecule has 49 heavy (non-hydrogen) atoms. The summed E-state index contributed by atoms with van der Waals surface area (Å²) in [5, 5.41) is 7.98. The lowest BCUT2D eigenvalue weighted by molar-refractivity contribution is -0.134. The maximum atomic E-state index is 14.9. The first kappa shape index (κ1) is 34.8. The van der Waals surface area contributed by atoms with Crippen LogP contribution >= 0.6 is 0 Å². The number of fused-ring (bicyclic) bond motifs is 1. The molecular weight excluding hydrogens is 629 g/mol. The van der Waals surface area contributed by atoms with Crippen molar-refractivity contribution in [3.63, 3.8) is 0 Å². The molecule has 1 aromatic heterocycles. The zero-order valence-corrected chi connectivity index (χ0v) is 28.0. The van der Waals surface area contributed by atoms with Gasteiger partial charge in [-0.2, -0.15) is 5.10 Å². The number of rotatable bonds is 12. The molecule has 3 aromatic rings. The van der Waals surface area contributed by atoms with E-state index >= 15 is 0 Å². The first-order valence-corrected chi connectivity index (χ1v) is 17.4. The fourth-order valence-corrected chi connectivity index (χ4v) is 7.18. The highest BCUT2D eigenvalue weighted by atomic mass is 19.1. The maximum absolute atomic E-state index is 14.9. The van der Waals surface area contributed by atoms with Gasteiger partial charge in [0, 0.05) is 77.3 Å². The highest BCUT2D eigenvalue weighted by molar-refractivity contribution is 5.95. The van der Waals surface area contributed by atoms with Crippen LogP contribution in [0, 0.1) is 11.7 Å². The normalized spacial score (nSPS) is 18.6. The number of benzene rings is 2. The Balaban J connectivity index is 0.928. The van der Waals surface area contributed by atoms with Crippen molar-refractivity contribution in [3.8, 4) is 0 Å². The van der Waals surface area contributed by atoms with Gasteiger partial charge in [-0.25, -0.2) is 9.49 Å². The largest absolute Gasteiger partial charge is 0.373 e. The van der Waals surface area contributed by atoms with Crippen molar-refractivity contribution in [2.75, 3.05) is 98.3 Å². The van der Waals surface area contributed by atoms with E-state index in [0.717, 1.165) is 64.0 Å². The molecule has 12 nitrogen and oxygen atoms in total. The quantitative estimate of drug-likeness (QED) is 0.225. The van der Waals surface area contributed by atoms with Crippen LogP contribution in [0.15, 0.2) is 47.3 Å². The van der Waals surface area contributed by atoms with Crippen LogP contribution < -0.4 is 5.56 Å². The Morgan fingerprint density at radius 3 is 2.31 bits per heavy atom. The number of nitrogens with one attached hydrogen (secondary N) is 1. The molecule has 0 saturated carbocycles. The first-order valence-electron chi connectivity index (χ1n) is 17.4. The molecule has 0 aliphatic carbocycles. The predicted molar refractivity (Wildman–Crippen MR) is 183 cm³/mol. The average molecular weight is 676 g/mol. The van der Waals surface area contributed by atoms with Crippen molar-refractivity contribution in [1.29, 1.82) is 0 Å². The summed E-state index contributed by atoms with van der Waals surface area (Å²) >= 11 is 0. The lowest BCUT2D eigenvalue weighted by Gasteiger charge is -2.40. The van der Waals surface area contributed by atoms with Crippen LogP contribution in [0.2, 0.25) is 0 Å². The molecule has 3 saturated heterocycles. The van der Waals surface area contributed by atoms with Gasteiger partial charge in [0.05, 0.1) is 29.8 Å². The molecule has 262 valence electrons. The van der Waals surface area contributed by atoms with Crippen LogP contribution in [0.3, 0.4) is 0 Å². The molecule has 2 aromatic carbocycles. The fraction of sp³-hybridized carbons (Fsp3) is 0.528. The van der Waals surface area contributed by atoms with E-state index < -0.39 is 11.7 Å². The second-order valence-corrected chi connectivity index (χ2v) is 13.3. The Kier molecular flexibility index (Phi) is 11.8. The number of likely N-dealkylation sites (tertiary alicyclic amines) is 1. The van der Waals surface area contributed by atoms with Gasteiger partial charge in [0.2, 0.25) is 5.91 Å². The summed E-state index contributed by atoms with van der Waals surface area (Å²) in [6, 6.07) is 11.7. The number of aromatic nitrogens is 2. The predicted octanol–water partition coefficient (Wildman–Crippen LogP) is 1.48. The number of aldehydes is 1. The number of piperidine rings is 1. The number of hydrogen-bond donors (Lipinski definition) is 1. The summed E-state index contributed by atoms with van der Waals surface area (Å²) in [5.74, 6) is -0.230. The Bertz CT molecular complexity index is 1660. The molecule has 0 radical (unpaired) electrons.